The molecule has 4 bridgehead atoms. The first-order chi connectivity index (χ1) is 10.1. The minimum absolute atomic E-state index is 0.118. The van der Waals surface area contributed by atoms with Crippen molar-refractivity contribution in [2.45, 2.75) is 63.2 Å². The Morgan fingerprint density at radius 3 is 2.00 bits per heavy atom. The Hall–Kier alpha value is -0.810. The van der Waals surface area contributed by atoms with Crippen LogP contribution in [-0.4, -0.2) is 22.9 Å². The van der Waals surface area contributed by atoms with Gasteiger partial charge in [0.05, 0.1) is 5.41 Å². The predicted molar refractivity (Wildman–Crippen MR) is 69.8 cm³/mol. The molecule has 5 rings (SSSR count). The number of carboxylic acid groups (broad SMARTS) is 1. The van der Waals surface area contributed by atoms with Gasteiger partial charge < -0.3 is 5.11 Å². The number of alkyl halides is 4. The first kappa shape index (κ1) is 14.8. The van der Waals surface area contributed by atoms with E-state index in [4.69, 9.17) is 0 Å². The zero-order chi connectivity index (χ0) is 16.0. The van der Waals surface area contributed by atoms with Crippen molar-refractivity contribution in [2.75, 3.05) is 0 Å². The van der Waals surface area contributed by atoms with Gasteiger partial charge in [-0.1, -0.05) is 0 Å². The van der Waals surface area contributed by atoms with Crippen LogP contribution in [0.3, 0.4) is 0 Å². The first-order valence-corrected chi connectivity index (χ1v) is 8.09. The highest BCUT2D eigenvalue weighted by Crippen LogP contribution is 2.72. The molecule has 5 fully saturated rings. The maximum Gasteiger partial charge on any atom is 0.310 e. The molecule has 6 heteroatoms. The summed E-state index contributed by atoms with van der Waals surface area (Å²) in [6.07, 6.45) is 1.52. The molecule has 1 spiro atoms. The second-order valence-corrected chi connectivity index (χ2v) is 8.25. The molecule has 2 atom stereocenters. The number of rotatable bonds is 1. The van der Waals surface area contributed by atoms with Crippen LogP contribution in [0, 0.1) is 28.6 Å². The topological polar surface area (TPSA) is 37.3 Å². The SMILES string of the molecule is O=C(O)C12CC3CC(C1)C1(CCC(F)(F)C(F)(F)C1)C(C3)C2. The highest BCUT2D eigenvalue weighted by Gasteiger charge is 2.71. The van der Waals surface area contributed by atoms with E-state index in [2.05, 4.69) is 0 Å². The first-order valence-electron chi connectivity index (χ1n) is 8.09. The number of hydrogen-bond donors (Lipinski definition) is 1. The zero-order valence-corrected chi connectivity index (χ0v) is 12.3. The van der Waals surface area contributed by atoms with Gasteiger partial charge in [0.2, 0.25) is 0 Å². The molecule has 0 aromatic rings. The summed E-state index contributed by atoms with van der Waals surface area (Å²) in [5.41, 5.74) is -1.54. The normalized spacial score (nSPS) is 51.2. The summed E-state index contributed by atoms with van der Waals surface area (Å²) in [6.45, 7) is 0. The van der Waals surface area contributed by atoms with Crippen LogP contribution in [0.25, 0.3) is 0 Å². The molecule has 0 radical (unpaired) electrons. The third-order valence-electron chi connectivity index (χ3n) is 7.26. The van der Waals surface area contributed by atoms with E-state index >= 15 is 0 Å². The van der Waals surface area contributed by atoms with Crippen molar-refractivity contribution in [3.05, 3.63) is 0 Å². The average Bonchev–Trinajstić information content (AvgIpc) is 2.39. The lowest BCUT2D eigenvalue weighted by Gasteiger charge is -2.66. The van der Waals surface area contributed by atoms with E-state index in [9.17, 15) is 27.5 Å². The van der Waals surface area contributed by atoms with Crippen molar-refractivity contribution in [2.24, 2.45) is 28.6 Å². The molecule has 5 aliphatic carbocycles. The van der Waals surface area contributed by atoms with Crippen LogP contribution in [0.15, 0.2) is 0 Å². The molecule has 2 nitrogen and oxygen atoms in total. The molecular weight excluding hydrogens is 300 g/mol. The summed E-state index contributed by atoms with van der Waals surface area (Å²) in [6, 6.07) is 0. The smallest absolute Gasteiger partial charge is 0.310 e. The number of carboxylic acids is 1. The van der Waals surface area contributed by atoms with E-state index in [1.54, 1.807) is 0 Å². The van der Waals surface area contributed by atoms with Crippen LogP contribution < -0.4 is 0 Å². The molecule has 124 valence electrons. The molecule has 2 unspecified atom stereocenters. The molecule has 0 saturated heterocycles. The Morgan fingerprint density at radius 2 is 1.50 bits per heavy atom. The Balaban J connectivity index is 1.70. The molecule has 0 aliphatic heterocycles. The number of halogens is 4. The highest BCUT2D eigenvalue weighted by atomic mass is 19.3. The monoisotopic (exact) mass is 320 g/mol. The summed E-state index contributed by atoms with van der Waals surface area (Å²) in [4.78, 5) is 11.7. The fraction of sp³-hybridized carbons (Fsp3) is 0.938. The van der Waals surface area contributed by atoms with Crippen molar-refractivity contribution >= 4 is 5.97 Å². The predicted octanol–water partition coefficient (Wildman–Crippen LogP) is 4.34. The Kier molecular flexibility index (Phi) is 2.67. The van der Waals surface area contributed by atoms with Crippen molar-refractivity contribution in [3.63, 3.8) is 0 Å². The molecule has 5 saturated carbocycles. The van der Waals surface area contributed by atoms with Crippen molar-refractivity contribution in [1.29, 1.82) is 0 Å². The van der Waals surface area contributed by atoms with Gasteiger partial charge in [0.15, 0.2) is 0 Å². The summed E-state index contributed by atoms with van der Waals surface area (Å²) >= 11 is 0. The number of aliphatic carboxylic acids is 1. The van der Waals surface area contributed by atoms with E-state index in [-0.39, 0.29) is 24.2 Å². The molecule has 0 aromatic heterocycles. The maximum atomic E-state index is 14.0. The lowest BCUT2D eigenvalue weighted by Crippen LogP contribution is -2.63. The van der Waals surface area contributed by atoms with E-state index in [1.807, 2.05) is 0 Å². The largest absolute Gasteiger partial charge is 0.481 e. The molecule has 22 heavy (non-hydrogen) atoms. The summed E-state index contributed by atoms with van der Waals surface area (Å²) in [5, 5.41) is 9.58. The minimum atomic E-state index is -3.96. The quantitative estimate of drug-likeness (QED) is 0.730. The van der Waals surface area contributed by atoms with Gasteiger partial charge in [-0.3, -0.25) is 4.79 Å². The van der Waals surface area contributed by atoms with E-state index in [1.165, 1.54) is 0 Å². The minimum Gasteiger partial charge on any atom is -0.481 e. The second-order valence-electron chi connectivity index (χ2n) is 8.25. The van der Waals surface area contributed by atoms with Crippen molar-refractivity contribution in [1.82, 2.24) is 0 Å². The van der Waals surface area contributed by atoms with Crippen LogP contribution >= 0.6 is 0 Å². The zero-order valence-electron chi connectivity index (χ0n) is 12.3. The van der Waals surface area contributed by atoms with Gasteiger partial charge in [-0.25, -0.2) is 0 Å². The van der Waals surface area contributed by atoms with Crippen LogP contribution in [0.4, 0.5) is 17.6 Å². The Bertz CT molecular complexity index is 514. The van der Waals surface area contributed by atoms with Gasteiger partial charge in [0.1, 0.15) is 0 Å². The van der Waals surface area contributed by atoms with Gasteiger partial charge in [0.25, 0.3) is 0 Å². The van der Waals surface area contributed by atoms with Crippen molar-refractivity contribution in [3.8, 4) is 0 Å². The van der Waals surface area contributed by atoms with Gasteiger partial charge in [-0.15, -0.1) is 0 Å². The summed E-state index contributed by atoms with van der Waals surface area (Å²) in [7, 11) is 0. The summed E-state index contributed by atoms with van der Waals surface area (Å²) in [5.74, 6) is -8.69. The lowest BCUT2D eigenvalue weighted by molar-refractivity contribution is -0.286. The van der Waals surface area contributed by atoms with Gasteiger partial charge in [-0.05, 0) is 61.7 Å². The molecule has 0 amide bonds. The van der Waals surface area contributed by atoms with Crippen molar-refractivity contribution < 1.29 is 27.5 Å². The molecule has 1 N–H and O–H groups in total. The van der Waals surface area contributed by atoms with Gasteiger partial charge in [-0.2, -0.15) is 17.6 Å². The van der Waals surface area contributed by atoms with Crippen LogP contribution in [0.5, 0.6) is 0 Å². The standard InChI is InChI=1S/C16H20F4O2/c17-15(18)2-1-14(8-16(15,19)20)10-3-9-4-11(14)7-13(5-9,6-10)12(21)22/h9-11H,1-8H2,(H,21,22). The molecular formula is C16H20F4O2. The van der Waals surface area contributed by atoms with Crippen LogP contribution in [-0.2, 0) is 4.79 Å². The molecule has 0 aromatic carbocycles. The van der Waals surface area contributed by atoms with Gasteiger partial charge in [0, 0.05) is 12.8 Å². The lowest BCUT2D eigenvalue weighted by atomic mass is 9.38. The second kappa shape index (κ2) is 3.99. The third-order valence-corrected chi connectivity index (χ3v) is 7.26. The fourth-order valence-corrected chi connectivity index (χ4v) is 6.35. The number of carbonyl (C=O) groups is 1. The maximum absolute atomic E-state index is 14.0. The third kappa shape index (κ3) is 1.64. The van der Waals surface area contributed by atoms with E-state index in [0.717, 1.165) is 12.8 Å². The van der Waals surface area contributed by atoms with E-state index in [0.29, 0.717) is 19.3 Å². The van der Waals surface area contributed by atoms with E-state index < -0.39 is 41.5 Å². The average molecular weight is 320 g/mol. The Labute approximate surface area is 126 Å². The Morgan fingerprint density at radius 1 is 0.909 bits per heavy atom. The van der Waals surface area contributed by atoms with Crippen LogP contribution in [0.2, 0.25) is 0 Å². The number of hydrogen-bond acceptors (Lipinski definition) is 1. The summed E-state index contributed by atoms with van der Waals surface area (Å²) < 4.78 is 55.1. The van der Waals surface area contributed by atoms with Crippen LogP contribution in [0.1, 0.15) is 51.4 Å². The molecule has 0 heterocycles. The highest BCUT2D eigenvalue weighted by molar-refractivity contribution is 5.75. The fourth-order valence-electron chi connectivity index (χ4n) is 6.35. The molecule has 5 aliphatic rings. The van der Waals surface area contributed by atoms with Gasteiger partial charge >= 0.3 is 17.8 Å².